The Morgan fingerprint density at radius 2 is 2.40 bits per heavy atom. The molecule has 0 saturated heterocycles. The van der Waals surface area contributed by atoms with Crippen LogP contribution in [0.3, 0.4) is 0 Å². The molecule has 0 bridgehead atoms. The molecule has 0 radical (unpaired) electrons. The minimum Gasteiger partial charge on any atom is -0.310 e. The average molecular weight is 208 g/mol. The van der Waals surface area contributed by atoms with Crippen molar-refractivity contribution >= 4 is 0 Å². The van der Waals surface area contributed by atoms with Crippen molar-refractivity contribution in [2.45, 2.75) is 33.4 Å². The van der Waals surface area contributed by atoms with Crippen molar-refractivity contribution in [2.75, 3.05) is 6.54 Å². The quantitative estimate of drug-likeness (QED) is 0.546. The fraction of sp³-hybridized carbons (Fsp3) is 0.636. The minimum absolute atomic E-state index is 0.596. The summed E-state index contributed by atoms with van der Waals surface area (Å²) >= 11 is 0. The summed E-state index contributed by atoms with van der Waals surface area (Å²) in [5.74, 6) is 1.60. The van der Waals surface area contributed by atoms with Gasteiger partial charge < -0.3 is 5.32 Å². The Bertz CT molecular complexity index is 291. The molecular weight excluding hydrogens is 188 g/mol. The summed E-state index contributed by atoms with van der Waals surface area (Å²) in [6.45, 7) is 10.7. The van der Waals surface area contributed by atoms with Crippen LogP contribution in [0.4, 0.5) is 0 Å². The monoisotopic (exact) mass is 208 g/mol. The SMILES string of the molecule is C=CCCNCc1ncnn1CC(C)C. The van der Waals surface area contributed by atoms with Crippen molar-refractivity contribution < 1.29 is 0 Å². The van der Waals surface area contributed by atoms with Crippen molar-refractivity contribution in [2.24, 2.45) is 5.92 Å². The highest BCUT2D eigenvalue weighted by Gasteiger charge is 2.04. The van der Waals surface area contributed by atoms with Gasteiger partial charge in [0.1, 0.15) is 12.2 Å². The topological polar surface area (TPSA) is 42.7 Å². The van der Waals surface area contributed by atoms with Gasteiger partial charge in [-0.1, -0.05) is 19.9 Å². The maximum Gasteiger partial charge on any atom is 0.140 e. The third-order valence-electron chi connectivity index (χ3n) is 2.04. The predicted octanol–water partition coefficient (Wildman–Crippen LogP) is 1.60. The van der Waals surface area contributed by atoms with Gasteiger partial charge in [-0.25, -0.2) is 9.67 Å². The van der Waals surface area contributed by atoms with E-state index < -0.39 is 0 Å². The Kier molecular flexibility index (Phi) is 5.04. The van der Waals surface area contributed by atoms with Crippen molar-refractivity contribution in [1.29, 1.82) is 0 Å². The highest BCUT2D eigenvalue weighted by molar-refractivity contribution is 4.84. The van der Waals surface area contributed by atoms with E-state index in [2.05, 4.69) is 35.8 Å². The molecule has 4 heteroatoms. The van der Waals surface area contributed by atoms with Crippen LogP contribution < -0.4 is 5.32 Å². The molecule has 1 aromatic heterocycles. The van der Waals surface area contributed by atoms with Crippen LogP contribution in [0.1, 0.15) is 26.1 Å². The smallest absolute Gasteiger partial charge is 0.140 e. The van der Waals surface area contributed by atoms with Crippen LogP contribution in [0.25, 0.3) is 0 Å². The summed E-state index contributed by atoms with van der Waals surface area (Å²) in [5, 5.41) is 7.51. The van der Waals surface area contributed by atoms with Gasteiger partial charge in [-0.2, -0.15) is 5.10 Å². The largest absolute Gasteiger partial charge is 0.310 e. The first-order valence-corrected chi connectivity index (χ1v) is 5.42. The van der Waals surface area contributed by atoms with Gasteiger partial charge in [0.05, 0.1) is 6.54 Å². The van der Waals surface area contributed by atoms with Crippen molar-refractivity contribution in [3.05, 3.63) is 24.8 Å². The molecule has 84 valence electrons. The van der Waals surface area contributed by atoms with Gasteiger partial charge in [0.15, 0.2) is 0 Å². The zero-order valence-corrected chi connectivity index (χ0v) is 9.61. The van der Waals surface area contributed by atoms with Crippen molar-refractivity contribution in [3.8, 4) is 0 Å². The molecular formula is C11H20N4. The Hall–Kier alpha value is -1.16. The minimum atomic E-state index is 0.596. The van der Waals surface area contributed by atoms with Gasteiger partial charge in [-0.15, -0.1) is 6.58 Å². The van der Waals surface area contributed by atoms with Gasteiger partial charge in [0, 0.05) is 6.54 Å². The second-order valence-electron chi connectivity index (χ2n) is 4.01. The van der Waals surface area contributed by atoms with E-state index in [1.54, 1.807) is 6.33 Å². The van der Waals surface area contributed by atoms with E-state index in [1.165, 1.54) is 0 Å². The van der Waals surface area contributed by atoms with E-state index in [4.69, 9.17) is 0 Å². The number of rotatable bonds is 7. The summed E-state index contributed by atoms with van der Waals surface area (Å²) in [6, 6.07) is 0. The van der Waals surface area contributed by atoms with E-state index in [-0.39, 0.29) is 0 Å². The second kappa shape index (κ2) is 6.35. The van der Waals surface area contributed by atoms with Crippen LogP contribution >= 0.6 is 0 Å². The zero-order chi connectivity index (χ0) is 11.1. The second-order valence-corrected chi connectivity index (χ2v) is 4.01. The summed E-state index contributed by atoms with van der Waals surface area (Å²) in [4.78, 5) is 4.23. The Labute approximate surface area is 91.4 Å². The van der Waals surface area contributed by atoms with Gasteiger partial charge in [0.2, 0.25) is 0 Å². The molecule has 0 atom stereocenters. The fourth-order valence-electron chi connectivity index (χ4n) is 1.33. The molecule has 15 heavy (non-hydrogen) atoms. The molecule has 0 saturated carbocycles. The van der Waals surface area contributed by atoms with E-state index in [0.29, 0.717) is 5.92 Å². The van der Waals surface area contributed by atoms with E-state index in [9.17, 15) is 0 Å². The van der Waals surface area contributed by atoms with Crippen LogP contribution in [-0.4, -0.2) is 21.3 Å². The lowest BCUT2D eigenvalue weighted by Gasteiger charge is -2.08. The summed E-state index contributed by atoms with van der Waals surface area (Å²) < 4.78 is 1.96. The molecule has 0 aliphatic heterocycles. The maximum absolute atomic E-state index is 4.23. The van der Waals surface area contributed by atoms with Crippen molar-refractivity contribution in [3.63, 3.8) is 0 Å². The van der Waals surface area contributed by atoms with Gasteiger partial charge in [-0.05, 0) is 18.9 Å². The first-order valence-electron chi connectivity index (χ1n) is 5.42. The lowest BCUT2D eigenvalue weighted by Crippen LogP contribution is -2.19. The predicted molar refractivity (Wildman–Crippen MR) is 61.4 cm³/mol. The Balaban J connectivity index is 2.39. The standard InChI is InChI=1S/C11H20N4/c1-4-5-6-12-7-11-13-9-14-15(11)8-10(2)3/h4,9-10,12H,1,5-8H2,2-3H3. The number of hydrogen-bond donors (Lipinski definition) is 1. The van der Waals surface area contributed by atoms with E-state index in [1.807, 2.05) is 10.8 Å². The highest BCUT2D eigenvalue weighted by Crippen LogP contribution is 2.00. The van der Waals surface area contributed by atoms with E-state index in [0.717, 1.165) is 31.9 Å². The molecule has 1 aromatic rings. The van der Waals surface area contributed by atoms with Crippen LogP contribution in [0.15, 0.2) is 19.0 Å². The Morgan fingerprint density at radius 3 is 3.07 bits per heavy atom. The summed E-state index contributed by atoms with van der Waals surface area (Å²) in [5.41, 5.74) is 0. The molecule has 0 amide bonds. The van der Waals surface area contributed by atoms with Gasteiger partial charge >= 0.3 is 0 Å². The normalized spacial score (nSPS) is 10.9. The molecule has 4 nitrogen and oxygen atoms in total. The molecule has 1 N–H and O–H groups in total. The molecule has 0 fully saturated rings. The number of nitrogens with zero attached hydrogens (tertiary/aromatic N) is 3. The fourth-order valence-corrected chi connectivity index (χ4v) is 1.33. The summed E-state index contributed by atoms with van der Waals surface area (Å²) in [7, 11) is 0. The number of aromatic nitrogens is 3. The average Bonchev–Trinajstić information content (AvgIpc) is 2.59. The highest BCUT2D eigenvalue weighted by atomic mass is 15.3. The third-order valence-corrected chi connectivity index (χ3v) is 2.04. The van der Waals surface area contributed by atoms with Gasteiger partial charge in [-0.3, -0.25) is 0 Å². The molecule has 0 aliphatic rings. The zero-order valence-electron chi connectivity index (χ0n) is 9.61. The van der Waals surface area contributed by atoms with Crippen molar-refractivity contribution in [1.82, 2.24) is 20.1 Å². The molecule has 0 aromatic carbocycles. The van der Waals surface area contributed by atoms with Gasteiger partial charge in [0.25, 0.3) is 0 Å². The first-order chi connectivity index (χ1) is 7.24. The molecule has 1 rings (SSSR count). The lowest BCUT2D eigenvalue weighted by atomic mass is 10.2. The Morgan fingerprint density at radius 1 is 1.60 bits per heavy atom. The molecule has 0 unspecified atom stereocenters. The van der Waals surface area contributed by atoms with Crippen LogP contribution in [0, 0.1) is 5.92 Å². The first kappa shape index (κ1) is 11.9. The lowest BCUT2D eigenvalue weighted by molar-refractivity contribution is 0.458. The van der Waals surface area contributed by atoms with Crippen LogP contribution in [-0.2, 0) is 13.1 Å². The van der Waals surface area contributed by atoms with Crippen LogP contribution in [0.2, 0.25) is 0 Å². The molecule has 0 aliphatic carbocycles. The molecule has 1 heterocycles. The van der Waals surface area contributed by atoms with E-state index >= 15 is 0 Å². The maximum atomic E-state index is 4.23. The summed E-state index contributed by atoms with van der Waals surface area (Å²) in [6.07, 6.45) is 4.51. The van der Waals surface area contributed by atoms with Crippen LogP contribution in [0.5, 0.6) is 0 Å². The number of nitrogens with one attached hydrogen (secondary N) is 1. The number of hydrogen-bond acceptors (Lipinski definition) is 3. The molecule has 0 spiro atoms. The third kappa shape index (κ3) is 4.25.